The van der Waals surface area contributed by atoms with Crippen LogP contribution in [0.15, 0.2) is 84.9 Å². The van der Waals surface area contributed by atoms with Gasteiger partial charge in [-0.25, -0.2) is 0 Å². The Labute approximate surface area is 557 Å². The first-order valence-electron chi connectivity index (χ1n) is 29.6. The first kappa shape index (κ1) is 75.5. The molecule has 0 saturated heterocycles. The van der Waals surface area contributed by atoms with Crippen molar-refractivity contribution in [1.29, 1.82) is 0 Å². The Morgan fingerprint density at radius 2 is 0.430 bits per heavy atom. The second kappa shape index (κ2) is 28.7. The van der Waals surface area contributed by atoms with Crippen LogP contribution in [0.25, 0.3) is 11.1 Å². The zero-order valence-electron chi connectivity index (χ0n) is 57.8. The number of halogens is 2. The molecule has 0 spiro atoms. The van der Waals surface area contributed by atoms with Gasteiger partial charge in [0.25, 0.3) is 0 Å². The van der Waals surface area contributed by atoms with Gasteiger partial charge in [-0.05, 0) is 152 Å². The van der Waals surface area contributed by atoms with Gasteiger partial charge in [-0.1, -0.05) is 190 Å². The molecule has 6 nitrogen and oxygen atoms in total. The van der Waals surface area contributed by atoms with Gasteiger partial charge in [0.05, 0.1) is 42.7 Å². The maximum atomic E-state index is 6.80. The number of rotatable bonds is 13. The minimum absolute atomic E-state index is 0.259. The van der Waals surface area contributed by atoms with Crippen LogP contribution in [0.2, 0.25) is 0 Å². The molecule has 0 atom stereocenters. The third-order valence-electron chi connectivity index (χ3n) is 15.8. The minimum atomic E-state index is -1.43. The predicted octanol–water partition coefficient (Wildman–Crippen LogP) is 18.7. The molecular formula is C74H104Au2Cl2O6P2. The number of hydrogen-bond acceptors (Lipinski definition) is 6. The van der Waals surface area contributed by atoms with Crippen molar-refractivity contribution in [2.45, 2.75) is 209 Å². The summed E-state index contributed by atoms with van der Waals surface area (Å²) < 4.78 is 39.6. The van der Waals surface area contributed by atoms with Gasteiger partial charge in [-0.15, -0.1) is 0 Å². The summed E-state index contributed by atoms with van der Waals surface area (Å²) in [6.45, 7) is 55.3. The molecule has 0 aliphatic heterocycles. The van der Waals surface area contributed by atoms with E-state index in [9.17, 15) is 0 Å². The Balaban J connectivity index is 0.00000388. The molecule has 0 fully saturated rings. The van der Waals surface area contributed by atoms with Crippen molar-refractivity contribution in [2.75, 3.05) is 42.7 Å². The standard InChI is InChI=1S/C74H104O6P2.2Au.2ClH/c1-67(2,3)49-37-45(38-50(63(49)77-27)68(4,5)6)81(46-39-51(69(7,8)9)64(78-28)52(40-46)70(10,11)12)59-35-31-33-57(75-25)61(59)62-58(76-26)34-32-36-60(62)82(47-41-53(71(13,14)15)65(79-29)54(42-47)72(16,17)18)48-43-55(73(19,20)21)66(80-30)56(44-48)74(22,23)24;;;;/h31-44H,1-30H3;;;2*1H/q;2*+1;;/p-2. The van der Waals surface area contributed by atoms with E-state index in [1.165, 1.54) is 65.7 Å². The molecule has 0 unspecified atom stereocenters. The molecule has 0 amide bonds. The van der Waals surface area contributed by atoms with Gasteiger partial charge in [0.15, 0.2) is 0 Å². The SMILES string of the molecule is COc1cccc(P(c2cc(C(C)(C)C)c(OC)c(C(C)(C)C)c2)c2cc(C(C)(C)C)c(OC)c(C(C)(C)C)c2)c1-c1c(OC)cccc1P(c1cc(C(C)(C)C)c(OC)c(C(C)(C)C)c1)c1cc(C(C)(C)C)c(OC)c(C(C)(C)C)c1.[Cl][Au].[Cl][Au]. The van der Waals surface area contributed by atoms with Crippen LogP contribution < -0.4 is 60.2 Å². The van der Waals surface area contributed by atoms with Gasteiger partial charge in [-0.3, -0.25) is 0 Å². The van der Waals surface area contributed by atoms with Crippen LogP contribution in [-0.4, -0.2) is 42.7 Å². The second-order valence-electron chi connectivity index (χ2n) is 30.7. The fourth-order valence-corrected chi connectivity index (χ4v) is 16.6. The molecule has 482 valence electrons. The first-order valence-corrected chi connectivity index (χ1v) is 37.7. The Bertz CT molecular complexity index is 2790. The quantitative estimate of drug-likeness (QED) is 0.0848. The number of benzene rings is 6. The monoisotopic (exact) mass is 1610 g/mol. The van der Waals surface area contributed by atoms with E-state index in [4.69, 9.17) is 28.4 Å². The zero-order chi connectivity index (χ0) is 66.0. The molecule has 0 aromatic heterocycles. The molecular weight excluding hydrogens is 1510 g/mol. The van der Waals surface area contributed by atoms with Crippen LogP contribution in [0, 0.1) is 0 Å². The van der Waals surface area contributed by atoms with Crippen molar-refractivity contribution in [2.24, 2.45) is 0 Å². The van der Waals surface area contributed by atoms with Crippen molar-refractivity contribution >= 4 is 66.0 Å². The molecule has 0 N–H and O–H groups in total. The molecule has 0 aliphatic carbocycles. The fraction of sp³-hybridized carbons (Fsp3) is 0.514. The van der Waals surface area contributed by atoms with E-state index in [-0.39, 0.29) is 43.3 Å². The summed E-state index contributed by atoms with van der Waals surface area (Å²) in [7, 11) is 17.3. The topological polar surface area (TPSA) is 55.4 Å². The van der Waals surface area contributed by atoms with E-state index in [0.29, 0.717) is 0 Å². The summed E-state index contributed by atoms with van der Waals surface area (Å²) in [5, 5.41) is 7.22. The van der Waals surface area contributed by atoms with Gasteiger partial charge in [-0.2, -0.15) is 0 Å². The maximum absolute atomic E-state index is 6.80. The van der Waals surface area contributed by atoms with Gasteiger partial charge < -0.3 is 28.4 Å². The summed E-state index contributed by atoms with van der Waals surface area (Å²) in [5.41, 5.74) is 9.30. The summed E-state index contributed by atoms with van der Waals surface area (Å²) in [6, 6.07) is 33.0. The predicted molar refractivity (Wildman–Crippen MR) is 370 cm³/mol. The molecule has 86 heavy (non-hydrogen) atoms. The van der Waals surface area contributed by atoms with E-state index >= 15 is 0 Å². The summed E-state index contributed by atoms with van der Waals surface area (Å²) >= 11 is 3.50. The third-order valence-corrected chi connectivity index (χ3v) is 20.6. The molecule has 6 aromatic rings. The Kier molecular flexibility index (Phi) is 25.2. The Morgan fingerprint density at radius 3 is 0.558 bits per heavy atom. The second-order valence-corrected chi connectivity index (χ2v) is 35.0. The molecule has 6 rings (SSSR count). The van der Waals surface area contributed by atoms with Crippen LogP contribution >= 0.6 is 34.2 Å². The summed E-state index contributed by atoms with van der Waals surface area (Å²) in [6.07, 6.45) is 0. The first-order chi connectivity index (χ1) is 39.5. The van der Waals surface area contributed by atoms with Crippen molar-refractivity contribution in [3.05, 3.63) is 129 Å². The van der Waals surface area contributed by atoms with Crippen LogP contribution in [0.3, 0.4) is 0 Å². The number of hydrogen-bond donors (Lipinski definition) is 0. The number of ether oxygens (including phenoxy) is 6. The van der Waals surface area contributed by atoms with Crippen molar-refractivity contribution in [3.8, 4) is 45.6 Å². The normalized spacial score (nSPS) is 12.8. The van der Waals surface area contributed by atoms with Crippen LogP contribution in [0.4, 0.5) is 0 Å². The average molecular weight is 1620 g/mol. The Morgan fingerprint density at radius 1 is 0.267 bits per heavy atom. The molecule has 0 aliphatic rings. The summed E-state index contributed by atoms with van der Waals surface area (Å²) in [4.78, 5) is 0. The van der Waals surface area contributed by atoms with Crippen molar-refractivity contribution in [3.63, 3.8) is 0 Å². The van der Waals surface area contributed by atoms with E-state index in [0.717, 1.165) is 56.2 Å². The summed E-state index contributed by atoms with van der Waals surface area (Å²) in [5.74, 6) is 5.30. The number of methoxy groups -OCH3 is 6. The molecule has 12 heteroatoms. The van der Waals surface area contributed by atoms with Crippen LogP contribution in [-0.2, 0) is 83.3 Å². The molecule has 0 radical (unpaired) electrons. The molecule has 0 heterocycles. The van der Waals surface area contributed by atoms with E-state index in [2.05, 4.69) is 269 Å². The van der Waals surface area contributed by atoms with E-state index in [1.54, 1.807) is 40.0 Å². The average Bonchev–Trinajstić information content (AvgIpc) is 0.798. The van der Waals surface area contributed by atoms with Crippen molar-refractivity contribution in [1.82, 2.24) is 0 Å². The van der Waals surface area contributed by atoms with Crippen LogP contribution in [0.5, 0.6) is 34.5 Å². The molecule has 6 aromatic carbocycles. The molecule has 0 saturated carbocycles. The zero-order valence-corrected chi connectivity index (χ0v) is 65.4. The Hall–Kier alpha value is -2.96. The van der Waals surface area contributed by atoms with E-state index < -0.39 is 15.8 Å². The van der Waals surface area contributed by atoms with Crippen LogP contribution in [0.1, 0.15) is 211 Å². The third kappa shape index (κ3) is 16.6. The fourth-order valence-electron chi connectivity index (χ4n) is 11.4. The molecule has 0 bridgehead atoms. The van der Waals surface area contributed by atoms with Crippen molar-refractivity contribution < 1.29 is 68.4 Å². The van der Waals surface area contributed by atoms with E-state index in [1.807, 2.05) is 42.7 Å². The van der Waals surface area contributed by atoms with Gasteiger partial charge in [0.1, 0.15) is 34.5 Å². The van der Waals surface area contributed by atoms with Gasteiger partial charge in [0, 0.05) is 55.6 Å². The van der Waals surface area contributed by atoms with Gasteiger partial charge >= 0.3 is 58.4 Å². The van der Waals surface area contributed by atoms with Gasteiger partial charge in [0.2, 0.25) is 0 Å².